The molecule has 0 atom stereocenters. The maximum atomic E-state index is 5.73. The van der Waals surface area contributed by atoms with Gasteiger partial charge >= 0.3 is 0 Å². The maximum absolute atomic E-state index is 5.73. The molecule has 1 aromatic rings. The average Bonchev–Trinajstić information content (AvgIpc) is 2.43. The fraction of sp³-hybridized carbons (Fsp3) is 0.625. The van der Waals surface area contributed by atoms with Gasteiger partial charge in [-0.25, -0.2) is 0 Å². The molecular weight excluding hydrogens is 254 g/mol. The first-order valence-electron chi connectivity index (χ1n) is 7.38. The Balaban J connectivity index is 2.59. The van der Waals surface area contributed by atoms with Crippen molar-refractivity contribution in [3.63, 3.8) is 0 Å². The molecule has 4 nitrogen and oxygen atoms in total. The second-order valence-electron chi connectivity index (χ2n) is 4.76. The largest absolute Gasteiger partial charge is 0.490 e. The molecule has 1 rings (SSSR count). The number of benzene rings is 1. The zero-order chi connectivity index (χ0) is 14.8. The summed E-state index contributed by atoms with van der Waals surface area (Å²) in [5, 5.41) is 3.30. The summed E-state index contributed by atoms with van der Waals surface area (Å²) in [6.45, 7) is 11.6. The molecule has 0 aliphatic heterocycles. The van der Waals surface area contributed by atoms with E-state index in [-0.39, 0.29) is 6.10 Å². The van der Waals surface area contributed by atoms with Gasteiger partial charge in [-0.05, 0) is 45.0 Å². The summed E-state index contributed by atoms with van der Waals surface area (Å²) < 4.78 is 16.8. The summed E-state index contributed by atoms with van der Waals surface area (Å²) in [5.74, 6) is 1.58. The molecule has 1 N–H and O–H groups in total. The van der Waals surface area contributed by atoms with E-state index < -0.39 is 0 Å². The first-order chi connectivity index (χ1) is 9.67. The van der Waals surface area contributed by atoms with E-state index in [1.54, 1.807) is 0 Å². The summed E-state index contributed by atoms with van der Waals surface area (Å²) in [4.78, 5) is 0. The van der Waals surface area contributed by atoms with E-state index in [0.717, 1.165) is 24.6 Å². The zero-order valence-electron chi connectivity index (χ0n) is 13.1. The Kier molecular flexibility index (Phi) is 8.07. The lowest BCUT2D eigenvalue weighted by molar-refractivity contribution is 0.0545. The summed E-state index contributed by atoms with van der Waals surface area (Å²) >= 11 is 0. The average molecular weight is 281 g/mol. The molecule has 0 fully saturated rings. The van der Waals surface area contributed by atoms with E-state index in [1.165, 1.54) is 5.56 Å². The van der Waals surface area contributed by atoms with Gasteiger partial charge in [0.05, 0.1) is 19.3 Å². The van der Waals surface area contributed by atoms with Crippen molar-refractivity contribution in [2.45, 2.75) is 40.3 Å². The van der Waals surface area contributed by atoms with Crippen molar-refractivity contribution in [2.75, 3.05) is 26.4 Å². The minimum absolute atomic E-state index is 0.229. The van der Waals surface area contributed by atoms with Crippen LogP contribution in [0.4, 0.5) is 0 Å². The highest BCUT2D eigenvalue weighted by Gasteiger charge is 2.06. The van der Waals surface area contributed by atoms with Gasteiger partial charge in [-0.3, -0.25) is 0 Å². The van der Waals surface area contributed by atoms with E-state index in [2.05, 4.69) is 18.3 Å². The van der Waals surface area contributed by atoms with Crippen molar-refractivity contribution < 1.29 is 14.2 Å². The van der Waals surface area contributed by atoms with Gasteiger partial charge in [0.2, 0.25) is 0 Å². The van der Waals surface area contributed by atoms with Crippen LogP contribution in [0.2, 0.25) is 0 Å². The van der Waals surface area contributed by atoms with E-state index >= 15 is 0 Å². The highest BCUT2D eigenvalue weighted by molar-refractivity contribution is 5.43. The molecule has 4 heteroatoms. The van der Waals surface area contributed by atoms with E-state index in [0.29, 0.717) is 19.8 Å². The van der Waals surface area contributed by atoms with Crippen molar-refractivity contribution >= 4 is 0 Å². The normalized spacial score (nSPS) is 10.8. The lowest BCUT2D eigenvalue weighted by Crippen LogP contribution is -2.13. The Labute approximate surface area is 122 Å². The molecule has 0 aromatic heterocycles. The predicted octanol–water partition coefficient (Wildman–Crippen LogP) is 3.00. The first-order valence-corrected chi connectivity index (χ1v) is 7.38. The van der Waals surface area contributed by atoms with Crippen LogP contribution >= 0.6 is 0 Å². The smallest absolute Gasteiger partial charge is 0.161 e. The van der Waals surface area contributed by atoms with E-state index in [4.69, 9.17) is 14.2 Å². The highest BCUT2D eigenvalue weighted by Crippen LogP contribution is 2.28. The van der Waals surface area contributed by atoms with E-state index in [9.17, 15) is 0 Å². The summed E-state index contributed by atoms with van der Waals surface area (Å²) in [6, 6.07) is 6.06. The number of hydrogen-bond donors (Lipinski definition) is 1. The minimum atomic E-state index is 0.229. The Morgan fingerprint density at radius 2 is 1.85 bits per heavy atom. The molecule has 0 amide bonds. The third-order valence-electron chi connectivity index (χ3n) is 2.68. The second-order valence-corrected chi connectivity index (χ2v) is 4.76. The van der Waals surface area contributed by atoms with Crippen LogP contribution in [0.25, 0.3) is 0 Å². The molecule has 1 aromatic carbocycles. The van der Waals surface area contributed by atoms with Gasteiger partial charge in [0.25, 0.3) is 0 Å². The van der Waals surface area contributed by atoms with Gasteiger partial charge in [-0.1, -0.05) is 13.0 Å². The SMILES string of the molecule is CCNCc1ccc(OCCOC(C)C)c(OCC)c1. The molecule has 0 saturated heterocycles. The first kappa shape index (κ1) is 16.8. The van der Waals surface area contributed by atoms with E-state index in [1.807, 2.05) is 32.9 Å². The van der Waals surface area contributed by atoms with Crippen LogP contribution in [0.1, 0.15) is 33.3 Å². The zero-order valence-corrected chi connectivity index (χ0v) is 13.1. The topological polar surface area (TPSA) is 39.7 Å². The second kappa shape index (κ2) is 9.61. The van der Waals surface area contributed by atoms with Gasteiger partial charge in [0.15, 0.2) is 11.5 Å². The monoisotopic (exact) mass is 281 g/mol. The van der Waals surface area contributed by atoms with Crippen molar-refractivity contribution in [2.24, 2.45) is 0 Å². The molecule has 114 valence electrons. The van der Waals surface area contributed by atoms with Crippen molar-refractivity contribution in [1.82, 2.24) is 5.32 Å². The minimum Gasteiger partial charge on any atom is -0.490 e. The van der Waals surface area contributed by atoms with Crippen LogP contribution in [-0.2, 0) is 11.3 Å². The van der Waals surface area contributed by atoms with Crippen molar-refractivity contribution in [3.05, 3.63) is 23.8 Å². The van der Waals surface area contributed by atoms with Crippen LogP contribution < -0.4 is 14.8 Å². The molecule has 0 aliphatic carbocycles. The van der Waals surface area contributed by atoms with Gasteiger partial charge in [0.1, 0.15) is 6.61 Å². The third-order valence-corrected chi connectivity index (χ3v) is 2.68. The number of rotatable bonds is 10. The molecule has 0 heterocycles. The third kappa shape index (κ3) is 6.26. The summed E-state index contributed by atoms with van der Waals surface area (Å²) in [7, 11) is 0. The number of hydrogen-bond acceptors (Lipinski definition) is 4. The van der Waals surface area contributed by atoms with Gasteiger partial charge in [-0.2, -0.15) is 0 Å². The Morgan fingerprint density at radius 3 is 2.50 bits per heavy atom. The predicted molar refractivity (Wildman–Crippen MR) is 81.6 cm³/mol. The molecule has 20 heavy (non-hydrogen) atoms. The van der Waals surface area contributed by atoms with Crippen LogP contribution in [-0.4, -0.2) is 32.5 Å². The lowest BCUT2D eigenvalue weighted by Gasteiger charge is -2.14. The van der Waals surface area contributed by atoms with Crippen LogP contribution in [0, 0.1) is 0 Å². The standard InChI is InChI=1S/C16H27NO3/c1-5-17-12-14-7-8-15(16(11-14)18-6-2)20-10-9-19-13(3)4/h7-8,11,13,17H,5-6,9-10,12H2,1-4H3. The lowest BCUT2D eigenvalue weighted by atomic mass is 10.2. The molecule has 0 unspecified atom stereocenters. The fourth-order valence-corrected chi connectivity index (χ4v) is 1.75. The molecule has 0 saturated carbocycles. The molecule has 0 spiro atoms. The highest BCUT2D eigenvalue weighted by atomic mass is 16.5. The Morgan fingerprint density at radius 1 is 1.05 bits per heavy atom. The van der Waals surface area contributed by atoms with Crippen LogP contribution in [0.15, 0.2) is 18.2 Å². The molecular formula is C16H27NO3. The number of ether oxygens (including phenoxy) is 3. The van der Waals surface area contributed by atoms with Gasteiger partial charge in [0, 0.05) is 6.54 Å². The molecule has 0 bridgehead atoms. The molecule has 0 radical (unpaired) electrons. The fourth-order valence-electron chi connectivity index (χ4n) is 1.75. The van der Waals surface area contributed by atoms with Crippen molar-refractivity contribution in [1.29, 1.82) is 0 Å². The molecule has 0 aliphatic rings. The summed E-state index contributed by atoms with van der Waals surface area (Å²) in [5.41, 5.74) is 1.20. The number of nitrogens with one attached hydrogen (secondary N) is 1. The summed E-state index contributed by atoms with van der Waals surface area (Å²) in [6.07, 6.45) is 0.229. The van der Waals surface area contributed by atoms with Gasteiger partial charge in [-0.15, -0.1) is 0 Å². The Hall–Kier alpha value is -1.26. The van der Waals surface area contributed by atoms with Gasteiger partial charge < -0.3 is 19.5 Å². The quantitative estimate of drug-likeness (QED) is 0.669. The van der Waals surface area contributed by atoms with Crippen molar-refractivity contribution in [3.8, 4) is 11.5 Å². The Bertz CT molecular complexity index is 380. The maximum Gasteiger partial charge on any atom is 0.161 e. The van der Waals surface area contributed by atoms with Crippen LogP contribution in [0.3, 0.4) is 0 Å². The van der Waals surface area contributed by atoms with Crippen LogP contribution in [0.5, 0.6) is 11.5 Å².